The highest BCUT2D eigenvalue weighted by Gasteiger charge is 2.03. The van der Waals surface area contributed by atoms with Crippen LogP contribution in [0.3, 0.4) is 0 Å². The van der Waals surface area contributed by atoms with Crippen LogP contribution >= 0.6 is 0 Å². The van der Waals surface area contributed by atoms with Crippen molar-refractivity contribution in [1.82, 2.24) is 5.32 Å². The summed E-state index contributed by atoms with van der Waals surface area (Å²) in [6.45, 7) is 1.48. The molecule has 0 spiro atoms. The molecule has 0 saturated heterocycles. The summed E-state index contributed by atoms with van der Waals surface area (Å²) in [5.41, 5.74) is 0.951. The van der Waals surface area contributed by atoms with Gasteiger partial charge in [-0.15, -0.1) is 0 Å². The van der Waals surface area contributed by atoms with Crippen LogP contribution in [-0.2, 0) is 6.54 Å². The van der Waals surface area contributed by atoms with Crippen LogP contribution in [0.15, 0.2) is 48.5 Å². The average molecular weight is 270 g/mol. The van der Waals surface area contributed by atoms with Crippen molar-refractivity contribution in [2.75, 3.05) is 13.2 Å². The summed E-state index contributed by atoms with van der Waals surface area (Å²) < 4.78 is 19.0. The van der Waals surface area contributed by atoms with Gasteiger partial charge in [0.2, 0.25) is 0 Å². The number of nitriles is 1. The molecular formula is C16H15FN2O. The predicted octanol–water partition coefficient (Wildman–Crippen LogP) is 2.87. The van der Waals surface area contributed by atoms with Gasteiger partial charge in [-0.1, -0.05) is 18.2 Å². The van der Waals surface area contributed by atoms with E-state index in [0.29, 0.717) is 30.8 Å². The van der Waals surface area contributed by atoms with E-state index in [9.17, 15) is 4.39 Å². The average Bonchev–Trinajstić information content (AvgIpc) is 2.50. The van der Waals surface area contributed by atoms with Gasteiger partial charge >= 0.3 is 0 Å². The van der Waals surface area contributed by atoms with E-state index in [2.05, 4.69) is 5.32 Å². The maximum absolute atomic E-state index is 13.5. The summed E-state index contributed by atoms with van der Waals surface area (Å²) in [4.78, 5) is 0. The Morgan fingerprint density at radius 2 is 1.95 bits per heavy atom. The number of nitrogens with one attached hydrogen (secondary N) is 1. The first-order valence-electron chi connectivity index (χ1n) is 6.36. The largest absolute Gasteiger partial charge is 0.492 e. The van der Waals surface area contributed by atoms with Crippen LogP contribution in [-0.4, -0.2) is 13.2 Å². The van der Waals surface area contributed by atoms with E-state index < -0.39 is 0 Å². The number of para-hydroxylation sites is 1. The Labute approximate surface area is 117 Å². The molecule has 0 aromatic heterocycles. The zero-order chi connectivity index (χ0) is 14.2. The second kappa shape index (κ2) is 7.27. The molecule has 2 aromatic carbocycles. The first kappa shape index (κ1) is 14.0. The van der Waals surface area contributed by atoms with Crippen LogP contribution in [0.4, 0.5) is 4.39 Å². The lowest BCUT2D eigenvalue weighted by Gasteiger charge is -2.08. The Morgan fingerprint density at radius 3 is 2.70 bits per heavy atom. The van der Waals surface area contributed by atoms with Crippen LogP contribution in [0.1, 0.15) is 11.1 Å². The minimum Gasteiger partial charge on any atom is -0.492 e. The number of benzene rings is 2. The molecule has 0 saturated carbocycles. The fourth-order valence-corrected chi connectivity index (χ4v) is 1.76. The summed E-state index contributed by atoms with van der Waals surface area (Å²) in [5, 5.41) is 11.9. The molecule has 3 nitrogen and oxygen atoms in total. The molecule has 1 N–H and O–H groups in total. The van der Waals surface area contributed by atoms with Crippen LogP contribution in [0.5, 0.6) is 5.75 Å². The maximum Gasteiger partial charge on any atom is 0.127 e. The lowest BCUT2D eigenvalue weighted by atomic mass is 10.1. The highest BCUT2D eigenvalue weighted by atomic mass is 19.1. The molecule has 0 aliphatic heterocycles. The quantitative estimate of drug-likeness (QED) is 0.821. The Balaban J connectivity index is 1.75. The number of hydrogen-bond donors (Lipinski definition) is 1. The summed E-state index contributed by atoms with van der Waals surface area (Å²) >= 11 is 0. The first-order chi connectivity index (χ1) is 9.79. The highest BCUT2D eigenvalue weighted by molar-refractivity contribution is 5.33. The Kier molecular flexibility index (Phi) is 5.10. The van der Waals surface area contributed by atoms with Gasteiger partial charge < -0.3 is 10.1 Å². The predicted molar refractivity (Wildman–Crippen MR) is 74.8 cm³/mol. The number of nitrogens with zero attached hydrogens (tertiary/aromatic N) is 1. The van der Waals surface area contributed by atoms with E-state index >= 15 is 0 Å². The molecule has 2 aromatic rings. The number of halogens is 1. The van der Waals surface area contributed by atoms with Crippen molar-refractivity contribution in [2.45, 2.75) is 6.54 Å². The molecule has 0 aliphatic rings. The van der Waals surface area contributed by atoms with Gasteiger partial charge in [-0.2, -0.15) is 5.26 Å². The van der Waals surface area contributed by atoms with Gasteiger partial charge in [0.1, 0.15) is 18.2 Å². The van der Waals surface area contributed by atoms with Crippen molar-refractivity contribution < 1.29 is 9.13 Å². The van der Waals surface area contributed by atoms with Crippen LogP contribution in [0.25, 0.3) is 0 Å². The van der Waals surface area contributed by atoms with Gasteiger partial charge in [0.25, 0.3) is 0 Å². The molecule has 0 atom stereocenters. The third kappa shape index (κ3) is 4.08. The maximum atomic E-state index is 13.5. The molecule has 102 valence electrons. The molecule has 4 heteroatoms. The van der Waals surface area contributed by atoms with E-state index in [4.69, 9.17) is 10.00 Å². The SMILES string of the molecule is N#Cc1ccc(F)c(CNCCOc2ccccc2)c1. The fourth-order valence-electron chi connectivity index (χ4n) is 1.76. The lowest BCUT2D eigenvalue weighted by Crippen LogP contribution is -2.21. The molecule has 2 rings (SSSR count). The summed E-state index contributed by atoms with van der Waals surface area (Å²) in [5.74, 6) is 0.507. The van der Waals surface area contributed by atoms with Crippen molar-refractivity contribution >= 4 is 0 Å². The van der Waals surface area contributed by atoms with Gasteiger partial charge in [0, 0.05) is 18.7 Å². The standard InChI is InChI=1S/C16H15FN2O/c17-16-7-6-13(11-18)10-14(16)12-19-8-9-20-15-4-2-1-3-5-15/h1-7,10,19H,8-9,12H2. The van der Waals surface area contributed by atoms with Gasteiger partial charge in [-0.05, 0) is 30.3 Å². The number of hydrogen-bond acceptors (Lipinski definition) is 3. The molecule has 0 amide bonds. The molecule has 0 bridgehead atoms. The van der Waals surface area contributed by atoms with E-state index in [1.54, 1.807) is 6.07 Å². The zero-order valence-corrected chi connectivity index (χ0v) is 11.0. The molecule has 20 heavy (non-hydrogen) atoms. The molecule has 0 aliphatic carbocycles. The van der Waals surface area contributed by atoms with Crippen molar-refractivity contribution in [2.24, 2.45) is 0 Å². The normalized spacial score (nSPS) is 10.0. The van der Waals surface area contributed by atoms with Crippen LogP contribution in [0, 0.1) is 17.1 Å². The van der Waals surface area contributed by atoms with Crippen molar-refractivity contribution in [1.29, 1.82) is 5.26 Å². The minimum absolute atomic E-state index is 0.305. The minimum atomic E-state index is -0.305. The molecule has 0 fully saturated rings. The van der Waals surface area contributed by atoms with Crippen molar-refractivity contribution in [3.63, 3.8) is 0 Å². The first-order valence-corrected chi connectivity index (χ1v) is 6.36. The Hall–Kier alpha value is -2.38. The van der Waals surface area contributed by atoms with Crippen LogP contribution in [0.2, 0.25) is 0 Å². The topological polar surface area (TPSA) is 45.0 Å². The van der Waals surface area contributed by atoms with E-state index in [1.165, 1.54) is 12.1 Å². The lowest BCUT2D eigenvalue weighted by molar-refractivity contribution is 0.313. The smallest absolute Gasteiger partial charge is 0.127 e. The van der Waals surface area contributed by atoms with Gasteiger partial charge in [-0.25, -0.2) is 4.39 Å². The van der Waals surface area contributed by atoms with Gasteiger partial charge in [-0.3, -0.25) is 0 Å². The number of rotatable bonds is 6. The monoisotopic (exact) mass is 270 g/mol. The molecular weight excluding hydrogens is 255 g/mol. The molecule has 0 unspecified atom stereocenters. The van der Waals surface area contributed by atoms with Gasteiger partial charge in [0.15, 0.2) is 0 Å². The summed E-state index contributed by atoms with van der Waals surface area (Å²) in [7, 11) is 0. The molecule has 0 radical (unpaired) electrons. The fraction of sp³-hybridized carbons (Fsp3) is 0.188. The number of ether oxygens (including phenoxy) is 1. The van der Waals surface area contributed by atoms with Gasteiger partial charge in [0.05, 0.1) is 11.6 Å². The Bertz CT molecular complexity index is 593. The van der Waals surface area contributed by atoms with Crippen molar-refractivity contribution in [3.8, 4) is 11.8 Å². The van der Waals surface area contributed by atoms with E-state index in [1.807, 2.05) is 36.4 Å². The summed E-state index contributed by atoms with van der Waals surface area (Å²) in [6.07, 6.45) is 0. The van der Waals surface area contributed by atoms with E-state index in [-0.39, 0.29) is 5.82 Å². The highest BCUT2D eigenvalue weighted by Crippen LogP contribution is 2.10. The second-order valence-corrected chi connectivity index (χ2v) is 4.26. The molecule has 0 heterocycles. The van der Waals surface area contributed by atoms with Crippen LogP contribution < -0.4 is 10.1 Å². The second-order valence-electron chi connectivity index (χ2n) is 4.26. The van der Waals surface area contributed by atoms with E-state index in [0.717, 1.165) is 5.75 Å². The Morgan fingerprint density at radius 1 is 1.15 bits per heavy atom. The zero-order valence-electron chi connectivity index (χ0n) is 11.0. The van der Waals surface area contributed by atoms with Crippen molar-refractivity contribution in [3.05, 3.63) is 65.5 Å². The third-order valence-corrected chi connectivity index (χ3v) is 2.78. The summed E-state index contributed by atoms with van der Waals surface area (Å²) in [6, 6.07) is 15.9. The third-order valence-electron chi connectivity index (χ3n) is 2.78.